The molecule has 52 heavy (non-hydrogen) atoms. The average Bonchev–Trinajstić information content (AvgIpc) is 3.59. The second-order valence-electron chi connectivity index (χ2n) is 17.1. The molecule has 6 rings (SSSR count). The van der Waals surface area contributed by atoms with Crippen molar-refractivity contribution >= 4 is 17.3 Å². The Morgan fingerprint density at radius 2 is 0.635 bits per heavy atom. The van der Waals surface area contributed by atoms with Crippen molar-refractivity contribution < 1.29 is 119 Å². The van der Waals surface area contributed by atoms with Crippen LogP contribution in [0.3, 0.4) is 0 Å². The van der Waals surface area contributed by atoms with Crippen molar-refractivity contribution in [2.75, 3.05) is 0 Å². The minimum atomic E-state index is -4.94. The van der Waals surface area contributed by atoms with E-state index in [0.29, 0.717) is 38.5 Å². The Kier molecular flexibility index (Phi) is 11.3. The number of rotatable bonds is 0. The molecule has 6 saturated carbocycles. The summed E-state index contributed by atoms with van der Waals surface area (Å²) in [5.74, 6) is -9.25. The molecule has 0 aromatic heterocycles. The second kappa shape index (κ2) is 13.1. The molecule has 0 unspecified atom stereocenters. The first-order chi connectivity index (χ1) is 22.6. The van der Waals surface area contributed by atoms with Gasteiger partial charge < -0.3 is 15.3 Å². The molecule has 0 heterocycles. The predicted molar refractivity (Wildman–Crippen MR) is 158 cm³/mol. The van der Waals surface area contributed by atoms with Crippen molar-refractivity contribution in [2.24, 2.45) is 50.2 Å². The molecule has 0 aliphatic heterocycles. The maximum atomic E-state index is 12.5. The minimum absolute atomic E-state index is 0. The van der Waals surface area contributed by atoms with Gasteiger partial charge in [-0.25, -0.2) is 0 Å². The molecule has 16 heteroatoms. The number of alkyl halides is 9. The molecule has 0 radical (unpaired) electrons. The number of ketones is 3. The molecule has 6 nitrogen and oxygen atoms in total. The number of carbonyl (C=O) groups is 3. The first kappa shape index (κ1) is 45.0. The van der Waals surface area contributed by atoms with Crippen molar-refractivity contribution in [2.45, 2.75) is 119 Å². The third kappa shape index (κ3) is 6.16. The molecule has 292 valence electrons. The molecule has 6 aliphatic carbocycles. The number of halogens is 9. The summed E-state index contributed by atoms with van der Waals surface area (Å²) in [5.41, 5.74) is -5.65. The van der Waals surface area contributed by atoms with Gasteiger partial charge in [0.2, 0.25) is 0 Å². The van der Waals surface area contributed by atoms with Gasteiger partial charge in [0.05, 0.1) is 0 Å². The van der Waals surface area contributed by atoms with E-state index in [1.807, 2.05) is 0 Å². The predicted octanol–water partition coefficient (Wildman–Crippen LogP) is 6.56. The van der Waals surface area contributed by atoms with E-state index in [1.165, 1.54) is 0 Å². The number of hydrogen-bond donors (Lipinski definition) is 0. The maximum Gasteiger partial charge on any atom is 3.00 e. The number of carbonyl (C=O) groups excluding carboxylic acids is 3. The fourth-order valence-electron chi connectivity index (χ4n) is 9.84. The molecule has 0 aromatic rings. The summed E-state index contributed by atoms with van der Waals surface area (Å²) in [6.45, 7) is 15.7. The first-order valence-corrected chi connectivity index (χ1v) is 16.7. The average molecular weight is 894 g/mol. The van der Waals surface area contributed by atoms with Crippen LogP contribution in [0.15, 0.2) is 34.0 Å². The van der Waals surface area contributed by atoms with Gasteiger partial charge in [-0.2, -0.15) is 39.5 Å². The zero-order chi connectivity index (χ0) is 39.7. The van der Waals surface area contributed by atoms with Crippen LogP contribution < -0.4 is 15.3 Å². The van der Waals surface area contributed by atoms with Gasteiger partial charge in [0.25, 0.3) is 0 Å². The molecule has 6 fully saturated rings. The van der Waals surface area contributed by atoms with Gasteiger partial charge in [0.1, 0.15) is 0 Å². The van der Waals surface area contributed by atoms with Crippen molar-refractivity contribution in [3.05, 3.63) is 34.0 Å². The summed E-state index contributed by atoms with van der Waals surface area (Å²) < 4.78 is 112. The molecule has 0 aromatic carbocycles. The van der Waals surface area contributed by atoms with E-state index in [-0.39, 0.29) is 49.4 Å². The van der Waals surface area contributed by atoms with Gasteiger partial charge in [-0.3, -0.25) is 14.4 Å². The van der Waals surface area contributed by atoms with Crippen LogP contribution in [0.4, 0.5) is 39.5 Å². The normalized spacial score (nSPS) is 38.0. The van der Waals surface area contributed by atoms with Gasteiger partial charge in [0.15, 0.2) is 17.3 Å². The van der Waals surface area contributed by atoms with Crippen LogP contribution in [-0.4, -0.2) is 35.9 Å². The number of Topliss-reactive ketones (excluding diaryl/α,β-unsaturated/α-hetero) is 3. The fraction of sp³-hybridized carbons (Fsp3) is 0.750. The van der Waals surface area contributed by atoms with E-state index < -0.39 is 120 Å². The topological polar surface area (TPSA) is 120 Å². The molecule has 0 spiro atoms. The van der Waals surface area contributed by atoms with Crippen LogP contribution in [0.25, 0.3) is 0 Å². The molecule has 0 saturated heterocycles. The zero-order valence-electron chi connectivity index (χ0n) is 30.2. The summed E-state index contributed by atoms with van der Waals surface area (Å²) in [6.07, 6.45) is -11.6. The fourth-order valence-corrected chi connectivity index (χ4v) is 9.84. The molecule has 6 bridgehead atoms. The third-order valence-corrected chi connectivity index (χ3v) is 14.5. The molecule has 0 amide bonds. The second-order valence-corrected chi connectivity index (χ2v) is 17.1. The Bertz CT molecular complexity index is 1460. The SMILES string of the molecule is CC1(C)[C@@H]2CC[C@@]1(C)C(=O)/C2=C(\[O-])C(F)(F)F.CC1(C)[C@@H]2CC[C@@]1(C)C(=O)/C2=C(\[O-])C(F)(F)F.CC1(C)[C@@H]2CC[C@@]1(C)C(=O)/C2=C(\[O-])C(F)(F)F.[Eu+3]. The summed E-state index contributed by atoms with van der Waals surface area (Å²) in [6, 6.07) is 0. The van der Waals surface area contributed by atoms with E-state index >= 15 is 0 Å². The van der Waals surface area contributed by atoms with Gasteiger partial charge in [-0.05, 0) is 107 Å². The van der Waals surface area contributed by atoms with Crippen molar-refractivity contribution in [1.82, 2.24) is 0 Å². The Hall–Kier alpha value is -1.42. The van der Waals surface area contributed by atoms with Crippen LogP contribution in [0, 0.1) is 99.6 Å². The summed E-state index contributed by atoms with van der Waals surface area (Å²) in [4.78, 5) is 36.1. The Balaban J connectivity index is 0.000000208. The standard InChI is InChI=1S/3C12H15F3O2.Eu/c3*1-10(2)6-4-5-11(10,3)8(16)7(6)9(17)12(13,14)15;/h3*6,17H,4-5H2,1-3H3;/q;;;+3/p-3/b3*9-7-;/t3*6-,11+;/m111./s1. The molecule has 6 atom stereocenters. The van der Waals surface area contributed by atoms with Crippen LogP contribution in [0.1, 0.15) is 101 Å². The third-order valence-electron chi connectivity index (χ3n) is 14.5. The van der Waals surface area contributed by atoms with Gasteiger partial charge in [0, 0.05) is 16.2 Å². The first-order valence-electron chi connectivity index (χ1n) is 16.7. The molecule has 0 N–H and O–H groups in total. The summed E-state index contributed by atoms with van der Waals surface area (Å²) in [7, 11) is 0. The molecular weight excluding hydrogens is 851 g/mol. The van der Waals surface area contributed by atoms with E-state index in [1.54, 1.807) is 62.3 Å². The van der Waals surface area contributed by atoms with Crippen LogP contribution >= 0.6 is 0 Å². The molecular formula is C36H42EuF9O6. The van der Waals surface area contributed by atoms with E-state index in [0.717, 1.165) is 0 Å². The van der Waals surface area contributed by atoms with Crippen molar-refractivity contribution in [3.8, 4) is 0 Å². The quantitative estimate of drug-likeness (QED) is 0.154. The Labute approximate surface area is 337 Å². The molecule has 6 aliphatic rings. The number of fused-ring (bicyclic) bond motifs is 6. The van der Waals surface area contributed by atoms with Crippen LogP contribution in [0.5, 0.6) is 0 Å². The van der Waals surface area contributed by atoms with Gasteiger partial charge in [-0.15, -0.1) is 0 Å². The van der Waals surface area contributed by atoms with Gasteiger partial charge >= 0.3 is 67.9 Å². The maximum absolute atomic E-state index is 12.5. The smallest absolute Gasteiger partial charge is 0.869 e. The Morgan fingerprint density at radius 1 is 0.462 bits per heavy atom. The monoisotopic (exact) mass is 894 g/mol. The van der Waals surface area contributed by atoms with Crippen LogP contribution in [0.2, 0.25) is 0 Å². The van der Waals surface area contributed by atoms with Crippen molar-refractivity contribution in [3.63, 3.8) is 0 Å². The van der Waals surface area contributed by atoms with Gasteiger partial charge in [-0.1, -0.05) is 62.3 Å². The zero-order valence-corrected chi connectivity index (χ0v) is 32.6. The van der Waals surface area contributed by atoms with E-state index in [4.69, 9.17) is 0 Å². The summed E-state index contributed by atoms with van der Waals surface area (Å²) in [5, 5.41) is 33.9. The Morgan fingerprint density at radius 3 is 0.750 bits per heavy atom. The minimum Gasteiger partial charge on any atom is -0.869 e. The van der Waals surface area contributed by atoms with E-state index in [9.17, 15) is 69.2 Å². The largest absolute Gasteiger partial charge is 3.00 e. The number of hydrogen-bond acceptors (Lipinski definition) is 6. The van der Waals surface area contributed by atoms with Crippen LogP contribution in [-0.2, 0) is 14.4 Å². The number of allylic oxidation sites excluding steroid dienone is 6. The summed E-state index contributed by atoms with van der Waals surface area (Å²) >= 11 is 0. The van der Waals surface area contributed by atoms with Crippen molar-refractivity contribution in [1.29, 1.82) is 0 Å². The van der Waals surface area contributed by atoms with E-state index in [2.05, 4.69) is 0 Å².